The molecular weight excluding hydrogens is 368 g/mol. The third kappa shape index (κ3) is 3.40. The van der Waals surface area contributed by atoms with Crippen LogP contribution >= 0.6 is 0 Å². The van der Waals surface area contributed by atoms with Crippen LogP contribution in [0.15, 0.2) is 65.6 Å². The van der Waals surface area contributed by atoms with Gasteiger partial charge in [0.1, 0.15) is 11.8 Å². The average Bonchev–Trinajstić information content (AvgIpc) is 2.69. The molecule has 0 radical (unpaired) electrons. The topological polar surface area (TPSA) is 102 Å². The van der Waals surface area contributed by atoms with Crippen LogP contribution in [0.2, 0.25) is 0 Å². The van der Waals surface area contributed by atoms with E-state index in [-0.39, 0.29) is 17.9 Å². The second-order valence-electron chi connectivity index (χ2n) is 6.15. The minimum absolute atomic E-state index is 0.0895. The number of rotatable bonds is 7. The molecule has 1 fully saturated rings. The van der Waals surface area contributed by atoms with Crippen molar-refractivity contribution >= 4 is 21.7 Å². The summed E-state index contributed by atoms with van der Waals surface area (Å²) in [6, 6.07) is 15.4. The van der Waals surface area contributed by atoms with Gasteiger partial charge in [-0.3, -0.25) is 9.59 Å². The largest absolute Gasteiger partial charge is 0.484 e. The number of ether oxygens (including phenoxy) is 1. The Morgan fingerprint density at radius 2 is 1.70 bits per heavy atom. The molecule has 0 unspecified atom stereocenters. The Bertz CT molecular complexity index is 931. The molecule has 142 valence electrons. The molecule has 0 aliphatic carbocycles. The maximum absolute atomic E-state index is 13.1. The summed E-state index contributed by atoms with van der Waals surface area (Å²) in [6.45, 7) is 1.33. The zero-order chi connectivity index (χ0) is 19.5. The quantitative estimate of drug-likeness (QED) is 0.696. The Kier molecular flexibility index (Phi) is 5.18. The molecular formula is C19H20N2O5S. The van der Waals surface area contributed by atoms with Crippen LogP contribution in [0, 0.1) is 0 Å². The van der Waals surface area contributed by atoms with Gasteiger partial charge < -0.3 is 15.4 Å². The van der Waals surface area contributed by atoms with E-state index in [1.54, 1.807) is 49.4 Å². The van der Waals surface area contributed by atoms with Gasteiger partial charge >= 0.3 is 0 Å². The number of benzene rings is 2. The molecule has 0 bridgehead atoms. The molecule has 2 atom stereocenters. The van der Waals surface area contributed by atoms with Gasteiger partial charge in [0.15, 0.2) is 11.5 Å². The van der Waals surface area contributed by atoms with Gasteiger partial charge in [0.25, 0.3) is 5.91 Å². The molecule has 2 aromatic carbocycles. The third-order valence-electron chi connectivity index (χ3n) is 4.54. The van der Waals surface area contributed by atoms with Gasteiger partial charge in [-0.25, -0.2) is 8.42 Å². The standard InChI is InChI=1S/C19H20N2O5S/c1-2-19(27(24,25)15-11-7-4-8-12-15)17(18(23)21-19)20-16(22)13-26-14-9-5-3-6-10-14/h3-12,17H,2,13H2,1H3,(H,20,22)(H,21,23)/t17-,19+/m1/s1. The Labute approximate surface area is 157 Å². The summed E-state index contributed by atoms with van der Waals surface area (Å²) in [6.07, 6.45) is 0.112. The molecule has 7 nitrogen and oxygen atoms in total. The zero-order valence-electron chi connectivity index (χ0n) is 14.7. The van der Waals surface area contributed by atoms with Crippen molar-refractivity contribution in [2.75, 3.05) is 6.61 Å². The van der Waals surface area contributed by atoms with Crippen LogP contribution in [0.3, 0.4) is 0 Å². The van der Waals surface area contributed by atoms with Crippen LogP contribution in [-0.4, -0.2) is 37.8 Å². The Hall–Kier alpha value is -2.87. The molecule has 3 rings (SSSR count). The second kappa shape index (κ2) is 7.40. The SMILES string of the molecule is CC[C@@]1(S(=O)(=O)c2ccccc2)NC(=O)[C@H]1NC(=O)COc1ccccc1. The Morgan fingerprint density at radius 3 is 2.26 bits per heavy atom. The molecule has 2 N–H and O–H groups in total. The van der Waals surface area contributed by atoms with Crippen molar-refractivity contribution in [2.45, 2.75) is 29.2 Å². The van der Waals surface area contributed by atoms with Crippen LogP contribution < -0.4 is 15.4 Å². The number of amides is 2. The fourth-order valence-corrected chi connectivity index (χ4v) is 5.08. The van der Waals surface area contributed by atoms with Crippen LogP contribution in [0.5, 0.6) is 5.75 Å². The van der Waals surface area contributed by atoms with Crippen molar-refractivity contribution in [3.05, 3.63) is 60.7 Å². The lowest BCUT2D eigenvalue weighted by Gasteiger charge is -2.47. The molecule has 2 amide bonds. The number of para-hydroxylation sites is 1. The van der Waals surface area contributed by atoms with E-state index in [0.717, 1.165) is 0 Å². The average molecular weight is 388 g/mol. The molecule has 0 saturated carbocycles. The van der Waals surface area contributed by atoms with Crippen molar-refractivity contribution in [3.8, 4) is 5.75 Å². The molecule has 1 saturated heterocycles. The smallest absolute Gasteiger partial charge is 0.258 e. The lowest BCUT2D eigenvalue weighted by molar-refractivity contribution is -0.138. The first-order valence-electron chi connectivity index (χ1n) is 8.49. The maximum Gasteiger partial charge on any atom is 0.258 e. The van der Waals surface area contributed by atoms with Crippen molar-refractivity contribution in [3.63, 3.8) is 0 Å². The summed E-state index contributed by atoms with van der Waals surface area (Å²) in [4.78, 5) is 22.8. The van der Waals surface area contributed by atoms with E-state index in [1.165, 1.54) is 12.1 Å². The highest BCUT2D eigenvalue weighted by Crippen LogP contribution is 2.35. The zero-order valence-corrected chi connectivity index (χ0v) is 15.5. The van der Waals surface area contributed by atoms with Crippen molar-refractivity contribution in [2.24, 2.45) is 0 Å². The number of hydrogen-bond donors (Lipinski definition) is 2. The van der Waals surface area contributed by atoms with E-state index in [9.17, 15) is 18.0 Å². The lowest BCUT2D eigenvalue weighted by atomic mass is 9.95. The number of β-lactam (4-membered cyclic amide) rings is 1. The lowest BCUT2D eigenvalue weighted by Crippen LogP contribution is -2.80. The fourth-order valence-electron chi connectivity index (χ4n) is 3.05. The first-order valence-corrected chi connectivity index (χ1v) is 9.98. The molecule has 27 heavy (non-hydrogen) atoms. The van der Waals surface area contributed by atoms with E-state index in [0.29, 0.717) is 5.75 Å². The highest BCUT2D eigenvalue weighted by molar-refractivity contribution is 7.93. The monoisotopic (exact) mass is 388 g/mol. The predicted molar refractivity (Wildman–Crippen MR) is 98.7 cm³/mol. The van der Waals surface area contributed by atoms with E-state index in [2.05, 4.69) is 10.6 Å². The first kappa shape index (κ1) is 18.9. The van der Waals surface area contributed by atoms with E-state index >= 15 is 0 Å². The van der Waals surface area contributed by atoms with Gasteiger partial charge in [-0.2, -0.15) is 0 Å². The van der Waals surface area contributed by atoms with Crippen molar-refractivity contribution in [1.29, 1.82) is 0 Å². The molecule has 0 aromatic heterocycles. The summed E-state index contributed by atoms with van der Waals surface area (Å²) < 4.78 is 31.5. The second-order valence-corrected chi connectivity index (χ2v) is 8.36. The van der Waals surface area contributed by atoms with Gasteiger partial charge in [0.05, 0.1) is 4.90 Å². The molecule has 0 spiro atoms. The van der Waals surface area contributed by atoms with E-state index in [4.69, 9.17) is 4.74 Å². The summed E-state index contributed by atoms with van der Waals surface area (Å²) in [5.74, 6) is -0.603. The summed E-state index contributed by atoms with van der Waals surface area (Å²) in [5, 5.41) is 4.99. The maximum atomic E-state index is 13.1. The Balaban J connectivity index is 1.76. The van der Waals surface area contributed by atoms with Gasteiger partial charge in [-0.1, -0.05) is 43.3 Å². The normalized spacial score (nSPS) is 21.7. The van der Waals surface area contributed by atoms with Gasteiger partial charge in [0.2, 0.25) is 15.7 Å². The molecule has 8 heteroatoms. The third-order valence-corrected chi connectivity index (χ3v) is 7.02. The van der Waals surface area contributed by atoms with Gasteiger partial charge in [-0.15, -0.1) is 0 Å². The van der Waals surface area contributed by atoms with Crippen molar-refractivity contribution < 1.29 is 22.7 Å². The number of sulfone groups is 1. The minimum Gasteiger partial charge on any atom is -0.484 e. The van der Waals surface area contributed by atoms with Crippen LogP contribution in [-0.2, 0) is 19.4 Å². The fraction of sp³-hybridized carbons (Fsp3) is 0.263. The van der Waals surface area contributed by atoms with E-state index < -0.39 is 32.6 Å². The number of hydrogen-bond acceptors (Lipinski definition) is 5. The molecule has 2 aromatic rings. The van der Waals surface area contributed by atoms with Crippen LogP contribution in [0.25, 0.3) is 0 Å². The van der Waals surface area contributed by atoms with Crippen LogP contribution in [0.4, 0.5) is 0 Å². The first-order chi connectivity index (χ1) is 12.9. The minimum atomic E-state index is -3.90. The predicted octanol–water partition coefficient (Wildman–Crippen LogP) is 1.26. The van der Waals surface area contributed by atoms with Gasteiger partial charge in [0, 0.05) is 0 Å². The number of nitrogens with one attached hydrogen (secondary N) is 2. The van der Waals surface area contributed by atoms with Gasteiger partial charge in [-0.05, 0) is 30.7 Å². The summed E-state index contributed by atoms with van der Waals surface area (Å²) in [7, 11) is -3.90. The van der Waals surface area contributed by atoms with Crippen LogP contribution in [0.1, 0.15) is 13.3 Å². The summed E-state index contributed by atoms with van der Waals surface area (Å²) >= 11 is 0. The summed E-state index contributed by atoms with van der Waals surface area (Å²) in [5.41, 5.74) is 0. The molecule has 1 aliphatic rings. The van der Waals surface area contributed by atoms with Crippen molar-refractivity contribution in [1.82, 2.24) is 10.6 Å². The Morgan fingerprint density at radius 1 is 1.11 bits per heavy atom. The number of carbonyl (C=O) groups excluding carboxylic acids is 2. The molecule has 1 aliphatic heterocycles. The van der Waals surface area contributed by atoms with E-state index in [1.807, 2.05) is 6.07 Å². The number of carbonyl (C=O) groups is 2. The highest BCUT2D eigenvalue weighted by atomic mass is 32.2. The highest BCUT2D eigenvalue weighted by Gasteiger charge is 2.62. The molecule has 1 heterocycles.